The van der Waals surface area contributed by atoms with E-state index >= 15 is 0 Å². The van der Waals surface area contributed by atoms with Crippen LogP contribution in [-0.4, -0.2) is 43.7 Å². The van der Waals surface area contributed by atoms with Crippen molar-refractivity contribution in [2.45, 2.75) is 31.1 Å². The zero-order valence-corrected chi connectivity index (χ0v) is 19.8. The number of nitrogens with zero attached hydrogens (tertiary/aromatic N) is 1. The Kier molecular flexibility index (Phi) is 6.80. The maximum Gasteiger partial charge on any atom is 0.232 e. The van der Waals surface area contributed by atoms with Gasteiger partial charge < -0.3 is 15.4 Å². The van der Waals surface area contributed by atoms with Gasteiger partial charge in [0, 0.05) is 13.1 Å². The first-order chi connectivity index (χ1) is 16.7. The highest BCUT2D eigenvalue weighted by molar-refractivity contribution is 5.91. The first-order valence-corrected chi connectivity index (χ1v) is 12.5. The summed E-state index contributed by atoms with van der Waals surface area (Å²) in [6.07, 6.45) is 3.98. The molecule has 0 spiro atoms. The third kappa shape index (κ3) is 4.40. The fourth-order valence-corrected chi connectivity index (χ4v) is 5.98. The van der Waals surface area contributed by atoms with E-state index in [9.17, 15) is 4.79 Å². The van der Waals surface area contributed by atoms with Crippen LogP contribution in [0.4, 0.5) is 0 Å². The first-order valence-electron chi connectivity index (χ1n) is 12.5. The summed E-state index contributed by atoms with van der Waals surface area (Å²) in [6.45, 7) is 4.48. The number of primary amides is 1. The van der Waals surface area contributed by atoms with Crippen LogP contribution in [0.2, 0.25) is 0 Å². The van der Waals surface area contributed by atoms with Gasteiger partial charge in [-0.15, -0.1) is 0 Å². The monoisotopic (exact) mass is 454 g/mol. The number of benzene rings is 3. The molecule has 0 aromatic heterocycles. The molecule has 2 N–H and O–H groups in total. The van der Waals surface area contributed by atoms with Gasteiger partial charge in [0.15, 0.2) is 0 Å². The number of carbonyl (C=O) groups excluding carboxylic acids is 1. The largest absolute Gasteiger partial charge is 0.381 e. The average Bonchev–Trinajstić information content (AvgIpc) is 3.21. The fourth-order valence-electron chi connectivity index (χ4n) is 5.98. The Morgan fingerprint density at radius 3 is 2.21 bits per heavy atom. The highest BCUT2D eigenvalue weighted by atomic mass is 16.5. The smallest absolute Gasteiger partial charge is 0.232 e. The second-order valence-corrected chi connectivity index (χ2v) is 9.66. The minimum atomic E-state index is -0.818. The molecule has 2 aliphatic rings. The summed E-state index contributed by atoms with van der Waals surface area (Å²) in [6, 6.07) is 27.2. The summed E-state index contributed by atoms with van der Waals surface area (Å²) in [7, 11) is 0. The van der Waals surface area contributed by atoms with Crippen molar-refractivity contribution in [2.24, 2.45) is 11.7 Å². The van der Waals surface area contributed by atoms with E-state index in [4.69, 9.17) is 10.5 Å². The lowest BCUT2D eigenvalue weighted by Gasteiger charge is -2.37. The summed E-state index contributed by atoms with van der Waals surface area (Å²) in [5.74, 6) is -0.122. The molecule has 0 aliphatic carbocycles. The van der Waals surface area contributed by atoms with Crippen LogP contribution in [0, 0.1) is 5.92 Å². The van der Waals surface area contributed by atoms with Crippen molar-refractivity contribution in [1.82, 2.24) is 4.90 Å². The summed E-state index contributed by atoms with van der Waals surface area (Å²) < 4.78 is 5.65. The third-order valence-electron chi connectivity index (χ3n) is 7.75. The molecular weight excluding hydrogens is 420 g/mol. The molecule has 0 radical (unpaired) electrons. The van der Waals surface area contributed by atoms with Crippen molar-refractivity contribution < 1.29 is 9.53 Å². The van der Waals surface area contributed by atoms with Crippen LogP contribution in [-0.2, 0) is 34.2 Å². The second kappa shape index (κ2) is 10.1. The number of fused-ring (bicyclic) bond motifs is 1. The van der Waals surface area contributed by atoms with Crippen LogP contribution >= 0.6 is 0 Å². The van der Waals surface area contributed by atoms with E-state index in [0.29, 0.717) is 0 Å². The number of ether oxygens (including phenoxy) is 1. The molecular formula is C30H34N2O2. The number of nitrogens with two attached hydrogens (primary N) is 1. The standard InChI is InChI=1S/C30H34N2O2/c31-29(33)30(26-7-3-1-4-8-26,27-9-5-2-6-10-27)28-14-18-32(22-28)17-13-23-11-12-24-15-19-34-20-16-25(24)21-23/h1-12,21,28H,13-20,22H2,(H2,31,33)/t28-/m1/s1. The molecule has 4 heteroatoms. The minimum absolute atomic E-state index is 0.138. The van der Waals surface area contributed by atoms with E-state index in [1.54, 1.807) is 0 Å². The highest BCUT2D eigenvalue weighted by Gasteiger charge is 2.49. The number of amides is 1. The zero-order valence-electron chi connectivity index (χ0n) is 19.8. The average molecular weight is 455 g/mol. The molecule has 1 saturated heterocycles. The maximum atomic E-state index is 13.3. The summed E-state index contributed by atoms with van der Waals surface area (Å²) in [5.41, 5.74) is 11.7. The molecule has 5 rings (SSSR count). The number of hydrogen-bond acceptors (Lipinski definition) is 3. The molecule has 1 amide bonds. The molecule has 4 nitrogen and oxygen atoms in total. The van der Waals surface area contributed by atoms with Crippen molar-refractivity contribution in [3.05, 3.63) is 107 Å². The minimum Gasteiger partial charge on any atom is -0.381 e. The Bertz CT molecular complexity index is 1070. The Labute approximate surface area is 202 Å². The lowest BCUT2D eigenvalue weighted by atomic mass is 9.64. The van der Waals surface area contributed by atoms with Gasteiger partial charge >= 0.3 is 0 Å². The molecule has 0 saturated carbocycles. The Hall–Kier alpha value is -2.95. The van der Waals surface area contributed by atoms with Crippen molar-refractivity contribution in [3.8, 4) is 0 Å². The number of hydrogen-bond donors (Lipinski definition) is 1. The van der Waals surface area contributed by atoms with Crippen molar-refractivity contribution in [1.29, 1.82) is 0 Å². The van der Waals surface area contributed by atoms with Gasteiger partial charge in [-0.1, -0.05) is 78.9 Å². The van der Waals surface area contributed by atoms with Gasteiger partial charge in [-0.3, -0.25) is 4.79 Å². The molecule has 3 aromatic carbocycles. The second-order valence-electron chi connectivity index (χ2n) is 9.66. The Morgan fingerprint density at radius 1 is 0.912 bits per heavy atom. The van der Waals surface area contributed by atoms with Crippen LogP contribution in [0.25, 0.3) is 0 Å². The van der Waals surface area contributed by atoms with Crippen LogP contribution < -0.4 is 5.73 Å². The SMILES string of the molecule is NC(=O)C(c1ccccc1)(c1ccccc1)[C@@H]1CCN(CCc2ccc3c(c2)CCOCC3)C1. The van der Waals surface area contributed by atoms with Crippen LogP contribution in [0.5, 0.6) is 0 Å². The van der Waals surface area contributed by atoms with Gasteiger partial charge in [0.1, 0.15) is 5.41 Å². The third-order valence-corrected chi connectivity index (χ3v) is 7.75. The van der Waals surface area contributed by atoms with Crippen molar-refractivity contribution >= 4 is 5.91 Å². The van der Waals surface area contributed by atoms with Crippen molar-refractivity contribution in [3.63, 3.8) is 0 Å². The normalized spacial score (nSPS) is 18.9. The topological polar surface area (TPSA) is 55.6 Å². The van der Waals surface area contributed by atoms with Gasteiger partial charge in [-0.25, -0.2) is 0 Å². The van der Waals surface area contributed by atoms with E-state index in [2.05, 4.69) is 47.4 Å². The Morgan fingerprint density at radius 2 is 1.56 bits per heavy atom. The summed E-state index contributed by atoms with van der Waals surface area (Å²) >= 11 is 0. The first kappa shape index (κ1) is 22.8. The molecule has 176 valence electrons. The summed E-state index contributed by atoms with van der Waals surface area (Å²) in [4.78, 5) is 15.8. The maximum absolute atomic E-state index is 13.3. The summed E-state index contributed by atoms with van der Waals surface area (Å²) in [5, 5.41) is 0. The molecule has 2 aliphatic heterocycles. The molecule has 0 bridgehead atoms. The predicted octanol–water partition coefficient (Wildman–Crippen LogP) is 4.14. The van der Waals surface area contributed by atoms with E-state index in [0.717, 1.165) is 69.7 Å². The number of likely N-dealkylation sites (tertiary alicyclic amines) is 1. The molecule has 1 fully saturated rings. The molecule has 3 aromatic rings. The molecule has 1 atom stereocenters. The predicted molar refractivity (Wildman–Crippen MR) is 136 cm³/mol. The quantitative estimate of drug-likeness (QED) is 0.584. The van der Waals surface area contributed by atoms with Gasteiger partial charge in [0.25, 0.3) is 0 Å². The Balaban J connectivity index is 1.35. The number of rotatable bonds is 7. The van der Waals surface area contributed by atoms with Crippen LogP contribution in [0.3, 0.4) is 0 Å². The fraction of sp³-hybridized carbons (Fsp3) is 0.367. The van der Waals surface area contributed by atoms with Gasteiger partial charge in [0.05, 0.1) is 13.2 Å². The van der Waals surface area contributed by atoms with E-state index in [1.807, 2.05) is 36.4 Å². The van der Waals surface area contributed by atoms with Gasteiger partial charge in [-0.2, -0.15) is 0 Å². The zero-order chi connectivity index (χ0) is 23.4. The lowest BCUT2D eigenvalue weighted by Crippen LogP contribution is -2.49. The van der Waals surface area contributed by atoms with Crippen LogP contribution in [0.1, 0.15) is 34.2 Å². The molecule has 0 unspecified atom stereocenters. The lowest BCUT2D eigenvalue weighted by molar-refractivity contribution is -0.123. The van der Waals surface area contributed by atoms with E-state index < -0.39 is 5.41 Å². The molecule has 2 heterocycles. The van der Waals surface area contributed by atoms with E-state index in [1.165, 1.54) is 16.7 Å². The van der Waals surface area contributed by atoms with Crippen LogP contribution in [0.15, 0.2) is 78.9 Å². The van der Waals surface area contributed by atoms with Gasteiger partial charge in [-0.05, 0) is 66.0 Å². The highest BCUT2D eigenvalue weighted by Crippen LogP contribution is 2.43. The van der Waals surface area contributed by atoms with Gasteiger partial charge in [0.2, 0.25) is 5.91 Å². The molecule has 34 heavy (non-hydrogen) atoms. The van der Waals surface area contributed by atoms with E-state index in [-0.39, 0.29) is 11.8 Å². The van der Waals surface area contributed by atoms with Crippen molar-refractivity contribution in [2.75, 3.05) is 32.8 Å². The number of carbonyl (C=O) groups is 1.